The standard InChI is InChI=1S/C28H24N6O3S/c1-38(2,37)24-6-4-3-5-20(24)28(36)34-23-12-19(8-10-25(23)38)27(35)31-15-17-13-29-26(30-14-17)18-7-9-21-22(11-18)33-16-32-21/h3-14,16H,15H2,1-2H3,(H,31,35)(H,32,33)(H,34,36). The summed E-state index contributed by atoms with van der Waals surface area (Å²) in [6.07, 6.45) is 8.29. The highest BCUT2D eigenvalue weighted by Gasteiger charge is 2.39. The van der Waals surface area contributed by atoms with Crippen LogP contribution in [0.3, 0.4) is 0 Å². The first-order valence-corrected chi connectivity index (χ1v) is 14.7. The zero-order valence-corrected chi connectivity index (χ0v) is 21.5. The third-order valence-electron chi connectivity index (χ3n) is 6.74. The predicted molar refractivity (Wildman–Crippen MR) is 146 cm³/mol. The Morgan fingerprint density at radius 3 is 2.55 bits per heavy atom. The molecule has 0 aliphatic carbocycles. The summed E-state index contributed by atoms with van der Waals surface area (Å²) in [5.74, 6) is -0.131. The van der Waals surface area contributed by atoms with Crippen molar-refractivity contribution in [1.82, 2.24) is 25.3 Å². The van der Waals surface area contributed by atoms with Gasteiger partial charge in [0.05, 0.1) is 28.6 Å². The van der Waals surface area contributed by atoms with Gasteiger partial charge >= 0.3 is 0 Å². The maximum absolute atomic E-state index is 14.3. The highest BCUT2D eigenvalue weighted by molar-refractivity contribution is 8.19. The van der Waals surface area contributed by atoms with Crippen molar-refractivity contribution in [3.63, 3.8) is 0 Å². The Kier molecular flexibility index (Phi) is 5.25. The van der Waals surface area contributed by atoms with E-state index in [1.165, 1.54) is 0 Å². The van der Waals surface area contributed by atoms with Gasteiger partial charge in [-0.1, -0.05) is 12.1 Å². The van der Waals surface area contributed by atoms with Crippen molar-refractivity contribution in [2.24, 2.45) is 0 Å². The fraction of sp³-hybridized carbons (Fsp3) is 0.107. The molecule has 2 amide bonds. The maximum Gasteiger partial charge on any atom is 0.256 e. The van der Waals surface area contributed by atoms with Gasteiger partial charge in [-0.05, 0) is 70.1 Å². The van der Waals surface area contributed by atoms with Crippen molar-refractivity contribution in [1.29, 1.82) is 0 Å². The Morgan fingerprint density at radius 2 is 1.74 bits per heavy atom. The smallest absolute Gasteiger partial charge is 0.256 e. The molecule has 38 heavy (non-hydrogen) atoms. The predicted octanol–water partition coefficient (Wildman–Crippen LogP) is 4.01. The van der Waals surface area contributed by atoms with E-state index in [0.29, 0.717) is 32.4 Å². The Labute approximate surface area is 218 Å². The molecule has 5 aromatic rings. The van der Waals surface area contributed by atoms with Crippen LogP contribution < -0.4 is 10.6 Å². The second-order valence-corrected chi connectivity index (χ2v) is 14.3. The number of benzene rings is 3. The molecule has 0 spiro atoms. The molecule has 190 valence electrons. The molecular formula is C28H24N6O3S. The number of imidazole rings is 1. The van der Waals surface area contributed by atoms with E-state index >= 15 is 0 Å². The average molecular weight is 525 g/mol. The maximum atomic E-state index is 14.3. The van der Waals surface area contributed by atoms with Crippen LogP contribution in [0.4, 0.5) is 5.69 Å². The first-order valence-electron chi connectivity index (χ1n) is 11.9. The number of aromatic amines is 1. The number of nitrogens with zero attached hydrogens (tertiary/aromatic N) is 3. The Bertz CT molecular complexity index is 1820. The van der Waals surface area contributed by atoms with Gasteiger partial charge in [-0.25, -0.2) is 15.0 Å². The number of hydrogen-bond donors (Lipinski definition) is 3. The molecule has 0 bridgehead atoms. The van der Waals surface area contributed by atoms with Gasteiger partial charge in [0.15, 0.2) is 5.82 Å². The zero-order valence-electron chi connectivity index (χ0n) is 20.7. The highest BCUT2D eigenvalue weighted by Crippen LogP contribution is 2.46. The van der Waals surface area contributed by atoms with Crippen LogP contribution >= 0.6 is 0 Å². The number of nitrogens with one attached hydrogen (secondary N) is 3. The van der Waals surface area contributed by atoms with Gasteiger partial charge < -0.3 is 15.6 Å². The fourth-order valence-corrected chi connectivity index (χ4v) is 7.45. The number of fused-ring (bicyclic) bond motifs is 3. The Hall–Kier alpha value is -4.70. The second kappa shape index (κ2) is 8.42. The molecule has 1 aliphatic heterocycles. The molecule has 2 aromatic heterocycles. The van der Waals surface area contributed by atoms with E-state index < -0.39 is 9.07 Å². The molecule has 9 nitrogen and oxygen atoms in total. The number of hydrogen-bond acceptors (Lipinski definition) is 6. The number of carbonyl (C=O) groups excluding carboxylic acids is 2. The third-order valence-corrected chi connectivity index (χ3v) is 10.0. The van der Waals surface area contributed by atoms with Crippen molar-refractivity contribution >= 4 is 37.6 Å². The Morgan fingerprint density at radius 1 is 0.947 bits per heavy atom. The molecule has 3 aromatic carbocycles. The average Bonchev–Trinajstić information content (AvgIpc) is 3.37. The molecule has 0 saturated heterocycles. The van der Waals surface area contributed by atoms with Crippen LogP contribution in [-0.2, 0) is 15.6 Å². The van der Waals surface area contributed by atoms with E-state index in [1.807, 2.05) is 18.2 Å². The van der Waals surface area contributed by atoms with Crippen molar-refractivity contribution in [2.45, 2.75) is 16.3 Å². The molecular weight excluding hydrogens is 500 g/mol. The number of carbonyl (C=O) groups is 2. The molecule has 6 rings (SSSR count). The van der Waals surface area contributed by atoms with E-state index in [2.05, 4.69) is 30.6 Å². The molecule has 0 saturated carbocycles. The number of H-pyrrole nitrogens is 1. The number of amides is 2. The van der Waals surface area contributed by atoms with Crippen LogP contribution in [0.25, 0.3) is 22.4 Å². The minimum Gasteiger partial charge on any atom is -0.348 e. The molecule has 0 fully saturated rings. The van der Waals surface area contributed by atoms with Gasteiger partial charge in [-0.2, -0.15) is 0 Å². The highest BCUT2D eigenvalue weighted by atomic mass is 32.3. The number of rotatable bonds is 4. The van der Waals surface area contributed by atoms with E-state index in [9.17, 15) is 13.8 Å². The lowest BCUT2D eigenvalue weighted by Crippen LogP contribution is -2.31. The normalized spacial score (nSPS) is 16.3. The molecule has 3 N–H and O–H groups in total. The third kappa shape index (κ3) is 3.95. The minimum absolute atomic E-state index is 0.217. The largest absolute Gasteiger partial charge is 0.348 e. The summed E-state index contributed by atoms with van der Waals surface area (Å²) in [5.41, 5.74) is 4.42. The topological polar surface area (TPSA) is 130 Å². The summed E-state index contributed by atoms with van der Waals surface area (Å²) in [6, 6.07) is 17.5. The fourth-order valence-electron chi connectivity index (χ4n) is 4.72. The monoisotopic (exact) mass is 524 g/mol. The summed E-state index contributed by atoms with van der Waals surface area (Å²) >= 11 is 0. The van der Waals surface area contributed by atoms with Crippen molar-refractivity contribution in [2.75, 3.05) is 17.8 Å². The summed E-state index contributed by atoms with van der Waals surface area (Å²) in [6.45, 7) is 0.217. The van der Waals surface area contributed by atoms with Crippen molar-refractivity contribution in [3.05, 3.63) is 96.1 Å². The van der Waals surface area contributed by atoms with Gasteiger partial charge in [0, 0.05) is 45.4 Å². The van der Waals surface area contributed by atoms with Crippen LogP contribution in [0.1, 0.15) is 26.3 Å². The minimum atomic E-state index is -3.58. The second-order valence-electron chi connectivity index (χ2n) is 9.72. The lowest BCUT2D eigenvalue weighted by Gasteiger charge is -2.35. The van der Waals surface area contributed by atoms with Gasteiger partial charge in [-0.15, -0.1) is 0 Å². The quantitative estimate of drug-likeness (QED) is 0.326. The summed E-state index contributed by atoms with van der Waals surface area (Å²) < 4.78 is 14.3. The molecule has 0 unspecified atom stereocenters. The van der Waals surface area contributed by atoms with Gasteiger partial charge in [0.25, 0.3) is 11.8 Å². The van der Waals surface area contributed by atoms with Gasteiger partial charge in [0.1, 0.15) is 0 Å². The molecule has 1 aliphatic rings. The van der Waals surface area contributed by atoms with E-state index in [-0.39, 0.29) is 18.4 Å². The first-order chi connectivity index (χ1) is 18.2. The molecule has 10 heteroatoms. The first kappa shape index (κ1) is 23.7. The zero-order chi connectivity index (χ0) is 26.5. The van der Waals surface area contributed by atoms with Crippen LogP contribution in [-0.4, -0.2) is 48.5 Å². The van der Waals surface area contributed by atoms with Gasteiger partial charge in [-0.3, -0.25) is 13.8 Å². The van der Waals surface area contributed by atoms with Crippen molar-refractivity contribution < 1.29 is 13.8 Å². The molecule has 0 radical (unpaired) electrons. The molecule has 0 atom stereocenters. The SMILES string of the molecule is CS1(C)(=O)c2ccc(C(=O)NCc3cnc(-c4ccc5nc[nH]c5c4)nc3)cc2NC(=O)c2ccccc21. The lowest BCUT2D eigenvalue weighted by atomic mass is 10.1. The van der Waals surface area contributed by atoms with Crippen LogP contribution in [0.2, 0.25) is 0 Å². The number of aromatic nitrogens is 4. The van der Waals surface area contributed by atoms with Crippen LogP contribution in [0, 0.1) is 0 Å². The lowest BCUT2D eigenvalue weighted by molar-refractivity contribution is 0.0949. The van der Waals surface area contributed by atoms with E-state index in [0.717, 1.165) is 22.2 Å². The van der Waals surface area contributed by atoms with Crippen molar-refractivity contribution in [3.8, 4) is 11.4 Å². The van der Waals surface area contributed by atoms with Gasteiger partial charge in [0.2, 0.25) is 0 Å². The summed E-state index contributed by atoms with van der Waals surface area (Å²) in [7, 11) is -3.58. The molecule has 3 heterocycles. The summed E-state index contributed by atoms with van der Waals surface area (Å²) in [4.78, 5) is 43.0. The Balaban J connectivity index is 1.21. The van der Waals surface area contributed by atoms with E-state index in [4.69, 9.17) is 0 Å². The van der Waals surface area contributed by atoms with Crippen LogP contribution in [0.5, 0.6) is 0 Å². The summed E-state index contributed by atoms with van der Waals surface area (Å²) in [5, 5.41) is 5.70. The van der Waals surface area contributed by atoms with Crippen LogP contribution in [0.15, 0.2) is 89.2 Å². The van der Waals surface area contributed by atoms with E-state index in [1.54, 1.807) is 73.7 Å². The number of anilines is 1.